The number of nitrogens with zero attached hydrogens (tertiary/aromatic N) is 2. The van der Waals surface area contributed by atoms with Crippen LogP contribution in [-0.2, 0) is 9.53 Å². The van der Waals surface area contributed by atoms with Crippen molar-refractivity contribution in [2.24, 2.45) is 5.92 Å². The van der Waals surface area contributed by atoms with Crippen LogP contribution in [-0.4, -0.2) is 62.0 Å². The van der Waals surface area contributed by atoms with Crippen LogP contribution >= 0.6 is 11.6 Å². The van der Waals surface area contributed by atoms with Crippen LogP contribution in [0.25, 0.3) is 0 Å². The van der Waals surface area contributed by atoms with E-state index in [0.29, 0.717) is 25.2 Å². The Labute approximate surface area is 145 Å². The molecule has 0 aromatic heterocycles. The average Bonchev–Trinajstić information content (AvgIpc) is 2.84. The zero-order chi connectivity index (χ0) is 17.9. The SMILES string of the molecule is COC(=O)c1ccc(NC(=O)N(C)CC2CC(=O)N(C)C2)cc1Cl. The van der Waals surface area contributed by atoms with Crippen molar-refractivity contribution in [3.8, 4) is 0 Å². The Morgan fingerprint density at radius 3 is 2.71 bits per heavy atom. The predicted molar refractivity (Wildman–Crippen MR) is 90.2 cm³/mol. The summed E-state index contributed by atoms with van der Waals surface area (Å²) in [5, 5.41) is 2.91. The van der Waals surface area contributed by atoms with Gasteiger partial charge in [0.15, 0.2) is 0 Å². The van der Waals surface area contributed by atoms with Gasteiger partial charge in [0.2, 0.25) is 5.91 Å². The molecule has 0 saturated carbocycles. The second-order valence-electron chi connectivity index (χ2n) is 5.84. The Hall–Kier alpha value is -2.28. The molecule has 0 radical (unpaired) electrons. The summed E-state index contributed by atoms with van der Waals surface area (Å²) < 4.78 is 4.62. The first-order valence-corrected chi connectivity index (χ1v) is 7.83. The van der Waals surface area contributed by atoms with Gasteiger partial charge in [-0.15, -0.1) is 0 Å². The second kappa shape index (κ2) is 7.53. The fourth-order valence-corrected chi connectivity index (χ4v) is 2.89. The second-order valence-corrected chi connectivity index (χ2v) is 6.25. The van der Waals surface area contributed by atoms with Crippen LogP contribution in [0.15, 0.2) is 18.2 Å². The molecule has 1 N–H and O–H groups in total. The molecule has 7 nitrogen and oxygen atoms in total. The van der Waals surface area contributed by atoms with Crippen molar-refractivity contribution >= 4 is 35.2 Å². The number of nitrogens with one attached hydrogen (secondary N) is 1. The van der Waals surface area contributed by atoms with Crippen molar-refractivity contribution < 1.29 is 19.1 Å². The normalized spacial score (nSPS) is 16.9. The molecule has 1 aromatic carbocycles. The largest absolute Gasteiger partial charge is 0.465 e. The number of urea groups is 1. The van der Waals surface area contributed by atoms with E-state index in [1.807, 2.05) is 0 Å². The van der Waals surface area contributed by atoms with E-state index in [-0.39, 0.29) is 28.4 Å². The van der Waals surface area contributed by atoms with Gasteiger partial charge in [-0.25, -0.2) is 9.59 Å². The summed E-state index contributed by atoms with van der Waals surface area (Å²) in [6.45, 7) is 1.13. The molecule has 24 heavy (non-hydrogen) atoms. The maximum atomic E-state index is 12.2. The molecule has 1 saturated heterocycles. The highest BCUT2D eigenvalue weighted by molar-refractivity contribution is 6.33. The molecule has 1 atom stereocenters. The summed E-state index contributed by atoms with van der Waals surface area (Å²) in [6.07, 6.45) is 0.452. The van der Waals surface area contributed by atoms with E-state index in [0.717, 1.165) is 0 Å². The Kier molecular flexibility index (Phi) is 5.66. The van der Waals surface area contributed by atoms with Crippen LogP contribution in [0.5, 0.6) is 0 Å². The van der Waals surface area contributed by atoms with Gasteiger partial charge in [0.1, 0.15) is 0 Å². The third-order valence-electron chi connectivity index (χ3n) is 3.93. The lowest BCUT2D eigenvalue weighted by molar-refractivity contribution is -0.126. The minimum atomic E-state index is -0.537. The molecule has 0 bridgehead atoms. The smallest absolute Gasteiger partial charge is 0.339 e. The molecule has 0 spiro atoms. The monoisotopic (exact) mass is 353 g/mol. The number of anilines is 1. The fourth-order valence-electron chi connectivity index (χ4n) is 2.64. The molecule has 2 rings (SSSR count). The number of esters is 1. The lowest BCUT2D eigenvalue weighted by Gasteiger charge is -2.21. The lowest BCUT2D eigenvalue weighted by Crippen LogP contribution is -2.36. The molecule has 1 fully saturated rings. The number of likely N-dealkylation sites (tertiary alicyclic amines) is 1. The van der Waals surface area contributed by atoms with Crippen molar-refractivity contribution in [2.45, 2.75) is 6.42 Å². The summed E-state index contributed by atoms with van der Waals surface area (Å²) in [5.41, 5.74) is 0.710. The Bertz CT molecular complexity index is 665. The van der Waals surface area contributed by atoms with Crippen molar-refractivity contribution in [1.82, 2.24) is 9.80 Å². The first-order valence-electron chi connectivity index (χ1n) is 7.45. The van der Waals surface area contributed by atoms with Crippen LogP contribution in [0.1, 0.15) is 16.8 Å². The summed E-state index contributed by atoms with van der Waals surface area (Å²) in [4.78, 5) is 38.4. The highest BCUT2D eigenvalue weighted by Gasteiger charge is 2.28. The van der Waals surface area contributed by atoms with E-state index in [2.05, 4.69) is 10.1 Å². The number of benzene rings is 1. The van der Waals surface area contributed by atoms with Gasteiger partial charge in [-0.2, -0.15) is 0 Å². The van der Waals surface area contributed by atoms with E-state index in [1.54, 1.807) is 25.1 Å². The quantitative estimate of drug-likeness (QED) is 0.840. The zero-order valence-electron chi connectivity index (χ0n) is 13.8. The van der Waals surface area contributed by atoms with Crippen LogP contribution in [0.2, 0.25) is 5.02 Å². The van der Waals surface area contributed by atoms with E-state index in [9.17, 15) is 14.4 Å². The molecule has 8 heteroatoms. The van der Waals surface area contributed by atoms with Crippen LogP contribution in [0, 0.1) is 5.92 Å². The van der Waals surface area contributed by atoms with Gasteiger partial charge in [-0.1, -0.05) is 11.6 Å². The molecule has 1 aliphatic rings. The van der Waals surface area contributed by atoms with Crippen molar-refractivity contribution in [1.29, 1.82) is 0 Å². The minimum Gasteiger partial charge on any atom is -0.465 e. The number of amides is 3. The van der Waals surface area contributed by atoms with Crippen LogP contribution in [0.3, 0.4) is 0 Å². The number of halogens is 1. The lowest BCUT2D eigenvalue weighted by atomic mass is 10.1. The Morgan fingerprint density at radius 1 is 1.46 bits per heavy atom. The molecular formula is C16H20ClN3O4. The van der Waals surface area contributed by atoms with Gasteiger partial charge in [0.25, 0.3) is 0 Å². The van der Waals surface area contributed by atoms with E-state index in [1.165, 1.54) is 24.1 Å². The molecule has 1 aliphatic heterocycles. The third-order valence-corrected chi connectivity index (χ3v) is 4.24. The summed E-state index contributed by atoms with van der Waals surface area (Å²) in [5.74, 6) is -0.312. The highest BCUT2D eigenvalue weighted by Crippen LogP contribution is 2.22. The maximum Gasteiger partial charge on any atom is 0.339 e. The van der Waals surface area contributed by atoms with Gasteiger partial charge in [0, 0.05) is 45.2 Å². The van der Waals surface area contributed by atoms with Gasteiger partial charge in [-0.05, 0) is 18.2 Å². The summed E-state index contributed by atoms with van der Waals surface area (Å²) in [6, 6.07) is 4.26. The van der Waals surface area contributed by atoms with E-state index >= 15 is 0 Å². The van der Waals surface area contributed by atoms with Gasteiger partial charge >= 0.3 is 12.0 Å². The predicted octanol–water partition coefficient (Wildman–Crippen LogP) is 2.07. The number of methoxy groups -OCH3 is 1. The highest BCUT2D eigenvalue weighted by atomic mass is 35.5. The van der Waals surface area contributed by atoms with Crippen molar-refractivity contribution in [2.75, 3.05) is 39.6 Å². The number of carbonyl (C=O) groups is 3. The van der Waals surface area contributed by atoms with Crippen molar-refractivity contribution in [3.63, 3.8) is 0 Å². The van der Waals surface area contributed by atoms with Crippen LogP contribution < -0.4 is 5.32 Å². The standard InChI is InChI=1S/C16H20ClN3O4/c1-19-8-10(6-14(19)21)9-20(2)16(23)18-11-4-5-12(13(17)7-11)15(22)24-3/h4-5,7,10H,6,8-9H2,1-3H3,(H,18,23). The number of hydrogen-bond donors (Lipinski definition) is 1. The first kappa shape index (κ1) is 18.1. The first-order chi connectivity index (χ1) is 11.3. The minimum absolute atomic E-state index is 0.0963. The number of carbonyl (C=O) groups excluding carboxylic acids is 3. The number of ether oxygens (including phenoxy) is 1. The van der Waals surface area contributed by atoms with Crippen LogP contribution in [0.4, 0.5) is 10.5 Å². The summed E-state index contributed by atoms with van der Waals surface area (Å²) >= 11 is 6.03. The molecule has 0 aliphatic carbocycles. The van der Waals surface area contributed by atoms with Gasteiger partial charge in [-0.3, -0.25) is 4.79 Å². The average molecular weight is 354 g/mol. The topological polar surface area (TPSA) is 79.0 Å². The maximum absolute atomic E-state index is 12.2. The van der Waals surface area contributed by atoms with E-state index < -0.39 is 5.97 Å². The molecule has 1 aromatic rings. The zero-order valence-corrected chi connectivity index (χ0v) is 14.6. The molecule has 1 heterocycles. The van der Waals surface area contributed by atoms with Gasteiger partial charge in [0.05, 0.1) is 17.7 Å². The number of hydrogen-bond acceptors (Lipinski definition) is 4. The van der Waals surface area contributed by atoms with Gasteiger partial charge < -0.3 is 19.9 Å². The molecular weight excluding hydrogens is 334 g/mol. The molecule has 1 unspecified atom stereocenters. The molecule has 3 amide bonds. The Morgan fingerprint density at radius 2 is 2.17 bits per heavy atom. The Balaban J connectivity index is 1.95. The van der Waals surface area contributed by atoms with Crippen molar-refractivity contribution in [3.05, 3.63) is 28.8 Å². The number of rotatable bonds is 4. The fraction of sp³-hybridized carbons (Fsp3) is 0.438. The third kappa shape index (κ3) is 4.17. The van der Waals surface area contributed by atoms with E-state index in [4.69, 9.17) is 11.6 Å². The summed E-state index contributed by atoms with van der Waals surface area (Å²) in [7, 11) is 4.70. The molecule has 130 valence electrons.